The summed E-state index contributed by atoms with van der Waals surface area (Å²) >= 11 is 0. The molecule has 0 saturated carbocycles. The van der Waals surface area contributed by atoms with E-state index in [1.807, 2.05) is 39.0 Å². The van der Waals surface area contributed by atoms with Gasteiger partial charge in [0, 0.05) is 43.3 Å². The molecule has 4 heterocycles. The number of hydrogen-bond donors (Lipinski definition) is 1. The smallest absolute Gasteiger partial charge is 0.409 e. The van der Waals surface area contributed by atoms with Crippen LogP contribution in [0.2, 0.25) is 0 Å². The van der Waals surface area contributed by atoms with Gasteiger partial charge >= 0.3 is 12.2 Å². The van der Waals surface area contributed by atoms with Crippen LogP contribution in [0, 0.1) is 6.92 Å². The van der Waals surface area contributed by atoms with E-state index in [0.717, 1.165) is 49.3 Å². The summed E-state index contributed by atoms with van der Waals surface area (Å²) in [5, 5.41) is 3.13. The summed E-state index contributed by atoms with van der Waals surface area (Å²) in [4.78, 5) is 34.0. The molecule has 1 N–H and O–H groups in total. The minimum Gasteiger partial charge on any atom is -0.453 e. The van der Waals surface area contributed by atoms with E-state index in [9.17, 15) is 9.59 Å². The molecule has 1 aromatic heterocycles. The largest absolute Gasteiger partial charge is 0.453 e. The Kier molecular flexibility index (Phi) is 7.89. The molecule has 3 aliphatic rings. The van der Waals surface area contributed by atoms with Gasteiger partial charge in [-0.25, -0.2) is 14.6 Å². The number of hydrogen-bond acceptors (Lipinski definition) is 6. The number of piperidine rings is 1. The fraction of sp³-hybridized carbons (Fsp3) is 0.633. The Labute approximate surface area is 231 Å². The Morgan fingerprint density at radius 1 is 1.10 bits per heavy atom. The zero-order valence-electron chi connectivity index (χ0n) is 24.0. The van der Waals surface area contributed by atoms with Crippen LogP contribution in [0.4, 0.5) is 9.59 Å². The van der Waals surface area contributed by atoms with Crippen LogP contribution in [0.5, 0.6) is 0 Å². The van der Waals surface area contributed by atoms with Gasteiger partial charge in [0.25, 0.3) is 0 Å². The van der Waals surface area contributed by atoms with Crippen LogP contribution in [0.15, 0.2) is 30.3 Å². The average molecular weight is 538 g/mol. The first-order valence-corrected chi connectivity index (χ1v) is 14.3. The summed E-state index contributed by atoms with van der Waals surface area (Å²) in [5.41, 5.74) is 2.87. The number of methoxy groups -OCH3 is 1. The van der Waals surface area contributed by atoms with Crippen molar-refractivity contribution in [3.63, 3.8) is 0 Å². The van der Waals surface area contributed by atoms with E-state index < -0.39 is 5.60 Å². The molecule has 1 aromatic carbocycles. The van der Waals surface area contributed by atoms with E-state index in [1.165, 1.54) is 25.6 Å². The first-order valence-electron chi connectivity index (χ1n) is 14.3. The lowest BCUT2D eigenvalue weighted by atomic mass is 9.95. The van der Waals surface area contributed by atoms with Crippen molar-refractivity contribution < 1.29 is 19.1 Å². The maximum Gasteiger partial charge on any atom is 0.409 e. The molecule has 2 fully saturated rings. The summed E-state index contributed by atoms with van der Waals surface area (Å²) in [6, 6.07) is 11.6. The third-order valence-corrected chi connectivity index (χ3v) is 8.45. The van der Waals surface area contributed by atoms with Crippen molar-refractivity contribution in [2.75, 3.05) is 20.2 Å². The first-order chi connectivity index (χ1) is 18.6. The maximum absolute atomic E-state index is 12.6. The van der Waals surface area contributed by atoms with Crippen LogP contribution >= 0.6 is 0 Å². The van der Waals surface area contributed by atoms with Crippen molar-refractivity contribution in [2.24, 2.45) is 0 Å². The Morgan fingerprint density at radius 3 is 2.44 bits per heavy atom. The fourth-order valence-electron chi connectivity index (χ4n) is 6.87. The van der Waals surface area contributed by atoms with Crippen LogP contribution in [-0.2, 0) is 22.4 Å². The number of alkyl carbamates (subject to hydrolysis) is 1. The topological polar surface area (TPSA) is 88.9 Å². The number of carbonyl (C=O) groups excluding carboxylic acids is 2. The highest BCUT2D eigenvalue weighted by molar-refractivity contribution is 5.68. The molecule has 2 aromatic rings. The third-order valence-electron chi connectivity index (χ3n) is 8.45. The number of amides is 2. The average Bonchev–Trinajstić information content (AvgIpc) is 3.35. The monoisotopic (exact) mass is 537 g/mol. The summed E-state index contributed by atoms with van der Waals surface area (Å²) in [5.74, 6) is 1.05. The number of nitrogens with one attached hydrogen (secondary N) is 1. The predicted molar refractivity (Wildman–Crippen MR) is 148 cm³/mol. The number of carbonyl (C=O) groups is 2. The van der Waals surface area contributed by atoms with Crippen LogP contribution < -0.4 is 5.32 Å². The Balaban J connectivity index is 1.25. The van der Waals surface area contributed by atoms with Gasteiger partial charge in [0.2, 0.25) is 0 Å². The second-order valence-corrected chi connectivity index (χ2v) is 12.2. The second kappa shape index (κ2) is 11.2. The molecule has 9 heteroatoms. The van der Waals surface area contributed by atoms with Gasteiger partial charge < -0.3 is 24.3 Å². The van der Waals surface area contributed by atoms with E-state index >= 15 is 0 Å². The molecule has 39 heavy (non-hydrogen) atoms. The normalized spacial score (nSPS) is 23.7. The number of benzene rings is 1. The molecule has 0 spiro atoms. The number of aryl methyl sites for hydroxylation is 1. The standard InChI is InChI=1S/C30H43N5O4/c1-20-31-26-19-33(29(37)38-5)15-14-27(26)35(20)24-17-22-11-12-23(18-24)34(22)16-13-25(21-9-7-6-8-10-21)32-28(36)39-30(2,3)4/h6-10,22-25H,11-19H2,1-5H3,(H,32,36)/t22-,23+,24?,25-/m0/s1. The Morgan fingerprint density at radius 2 is 1.79 bits per heavy atom. The highest BCUT2D eigenvalue weighted by Gasteiger charge is 2.42. The van der Waals surface area contributed by atoms with Crippen molar-refractivity contribution in [3.8, 4) is 0 Å². The lowest BCUT2D eigenvalue weighted by molar-refractivity contribution is 0.0488. The zero-order valence-corrected chi connectivity index (χ0v) is 24.0. The van der Waals surface area contributed by atoms with Crippen molar-refractivity contribution in [3.05, 3.63) is 53.1 Å². The number of nitrogens with zero attached hydrogens (tertiary/aromatic N) is 4. The van der Waals surface area contributed by atoms with E-state index in [-0.39, 0.29) is 18.2 Å². The summed E-state index contributed by atoms with van der Waals surface area (Å²) < 4.78 is 13.0. The van der Waals surface area contributed by atoms with Gasteiger partial charge in [-0.05, 0) is 65.4 Å². The Hall–Kier alpha value is -3.07. The van der Waals surface area contributed by atoms with Gasteiger partial charge in [0.15, 0.2) is 0 Å². The maximum atomic E-state index is 12.6. The lowest BCUT2D eigenvalue weighted by Gasteiger charge is -2.41. The Bertz CT molecular complexity index is 1160. The molecule has 212 valence electrons. The van der Waals surface area contributed by atoms with E-state index in [1.54, 1.807) is 4.90 Å². The molecule has 0 aliphatic carbocycles. The fourth-order valence-corrected chi connectivity index (χ4v) is 6.87. The molecule has 1 unspecified atom stereocenters. The van der Waals surface area contributed by atoms with Gasteiger partial charge in [-0.15, -0.1) is 0 Å². The van der Waals surface area contributed by atoms with Gasteiger partial charge in [-0.3, -0.25) is 4.90 Å². The molecule has 2 amide bonds. The van der Waals surface area contributed by atoms with Gasteiger partial charge in [0.1, 0.15) is 11.4 Å². The first kappa shape index (κ1) is 27.5. The summed E-state index contributed by atoms with van der Waals surface area (Å²) in [7, 11) is 1.43. The SMILES string of the molecule is COC(=O)N1CCc2c(nc(C)n2C2C[C@H]3CC[C@@H](C2)N3CC[C@H](NC(=O)OC(C)(C)C)c2ccccc2)C1. The molecule has 9 nitrogen and oxygen atoms in total. The van der Waals surface area contributed by atoms with Crippen molar-refractivity contribution in [1.29, 1.82) is 0 Å². The molecule has 0 radical (unpaired) electrons. The number of rotatable bonds is 6. The molecular weight excluding hydrogens is 494 g/mol. The van der Waals surface area contributed by atoms with Crippen molar-refractivity contribution in [1.82, 2.24) is 24.7 Å². The number of fused-ring (bicyclic) bond motifs is 3. The molecule has 2 saturated heterocycles. The molecule has 3 aliphatic heterocycles. The number of aromatic nitrogens is 2. The minimum absolute atomic E-state index is 0.0983. The van der Waals surface area contributed by atoms with Crippen molar-refractivity contribution >= 4 is 12.2 Å². The quantitative estimate of drug-likeness (QED) is 0.549. The van der Waals surface area contributed by atoms with Crippen LogP contribution in [0.1, 0.15) is 87.7 Å². The van der Waals surface area contributed by atoms with Crippen molar-refractivity contribution in [2.45, 2.75) is 103 Å². The number of imidazole rings is 1. The molecular formula is C30H43N5O4. The highest BCUT2D eigenvalue weighted by Crippen LogP contribution is 2.43. The molecule has 2 bridgehead atoms. The van der Waals surface area contributed by atoms with Crippen LogP contribution in [0.3, 0.4) is 0 Å². The third kappa shape index (κ3) is 6.08. The molecule has 4 atom stereocenters. The number of ether oxygens (including phenoxy) is 2. The van der Waals surface area contributed by atoms with E-state index in [2.05, 4.69) is 33.8 Å². The minimum atomic E-state index is -0.533. The van der Waals surface area contributed by atoms with Crippen LogP contribution in [-0.4, -0.2) is 69.4 Å². The highest BCUT2D eigenvalue weighted by atomic mass is 16.6. The van der Waals surface area contributed by atoms with Gasteiger partial charge in [-0.2, -0.15) is 0 Å². The molecule has 5 rings (SSSR count). The second-order valence-electron chi connectivity index (χ2n) is 12.2. The van der Waals surface area contributed by atoms with E-state index in [4.69, 9.17) is 14.5 Å². The van der Waals surface area contributed by atoms with E-state index in [0.29, 0.717) is 31.2 Å². The summed E-state index contributed by atoms with van der Waals surface area (Å²) in [6.45, 7) is 9.89. The lowest BCUT2D eigenvalue weighted by Crippen LogP contribution is -2.45. The summed E-state index contributed by atoms with van der Waals surface area (Å²) in [6.07, 6.45) is 5.64. The zero-order chi connectivity index (χ0) is 27.7. The van der Waals surface area contributed by atoms with Gasteiger partial charge in [-0.1, -0.05) is 30.3 Å². The van der Waals surface area contributed by atoms with Gasteiger partial charge in [0.05, 0.1) is 25.4 Å². The predicted octanol–water partition coefficient (Wildman–Crippen LogP) is 5.14. The van der Waals surface area contributed by atoms with Crippen LogP contribution in [0.25, 0.3) is 0 Å².